The number of rotatable bonds is 4. The summed E-state index contributed by atoms with van der Waals surface area (Å²) < 4.78 is 0. The second kappa shape index (κ2) is 6.76. The van der Waals surface area contributed by atoms with E-state index in [2.05, 4.69) is 15.0 Å². The van der Waals surface area contributed by atoms with Crippen LogP contribution in [0, 0.1) is 6.92 Å². The SMILES string of the molecule is Cc1nc(/C=C/C(=O)N(C)Cc2nc3ccccc3c(=O)[nH]2)cs1. The number of nitrogens with one attached hydrogen (secondary N) is 1. The van der Waals surface area contributed by atoms with Gasteiger partial charge in [0, 0.05) is 18.5 Å². The van der Waals surface area contributed by atoms with Gasteiger partial charge in [-0.05, 0) is 25.1 Å². The number of fused-ring (bicyclic) bond motifs is 1. The average molecular weight is 340 g/mol. The summed E-state index contributed by atoms with van der Waals surface area (Å²) in [7, 11) is 1.66. The van der Waals surface area contributed by atoms with Gasteiger partial charge in [0.2, 0.25) is 5.91 Å². The Kier molecular flexibility index (Phi) is 4.52. The Bertz CT molecular complexity index is 974. The summed E-state index contributed by atoms with van der Waals surface area (Å²) in [6.07, 6.45) is 3.15. The molecule has 2 aromatic heterocycles. The van der Waals surface area contributed by atoms with Gasteiger partial charge >= 0.3 is 0 Å². The van der Waals surface area contributed by atoms with Gasteiger partial charge in [0.1, 0.15) is 5.82 Å². The number of para-hydroxylation sites is 1. The molecule has 2 heterocycles. The molecule has 3 rings (SSSR count). The lowest BCUT2D eigenvalue weighted by Gasteiger charge is -2.14. The molecule has 0 bridgehead atoms. The normalized spacial score (nSPS) is 11.2. The summed E-state index contributed by atoms with van der Waals surface area (Å²) in [6.45, 7) is 2.14. The van der Waals surface area contributed by atoms with E-state index >= 15 is 0 Å². The molecule has 0 radical (unpaired) electrons. The summed E-state index contributed by atoms with van der Waals surface area (Å²) in [5, 5.41) is 3.38. The van der Waals surface area contributed by atoms with Crippen LogP contribution >= 0.6 is 11.3 Å². The van der Waals surface area contributed by atoms with Crippen molar-refractivity contribution in [1.29, 1.82) is 0 Å². The molecule has 0 aliphatic rings. The molecule has 24 heavy (non-hydrogen) atoms. The molecular formula is C17H16N4O2S. The third-order valence-electron chi connectivity index (χ3n) is 3.46. The molecule has 0 fully saturated rings. The molecule has 122 valence electrons. The van der Waals surface area contributed by atoms with Crippen LogP contribution < -0.4 is 5.56 Å². The minimum absolute atomic E-state index is 0.184. The van der Waals surface area contributed by atoms with E-state index in [1.165, 1.54) is 22.3 Å². The monoisotopic (exact) mass is 340 g/mol. The maximum Gasteiger partial charge on any atom is 0.258 e. The van der Waals surface area contributed by atoms with Crippen LogP contribution in [-0.2, 0) is 11.3 Å². The van der Waals surface area contributed by atoms with Crippen molar-refractivity contribution in [1.82, 2.24) is 19.9 Å². The predicted molar refractivity (Wildman–Crippen MR) is 94.7 cm³/mol. The molecule has 0 aliphatic carbocycles. The number of hydrogen-bond donors (Lipinski definition) is 1. The van der Waals surface area contributed by atoms with Gasteiger partial charge in [-0.2, -0.15) is 0 Å². The van der Waals surface area contributed by atoms with Crippen LogP contribution in [0.25, 0.3) is 17.0 Å². The third-order valence-corrected chi connectivity index (χ3v) is 4.25. The molecule has 0 atom stereocenters. The second-order valence-corrected chi connectivity index (χ2v) is 6.41. The van der Waals surface area contributed by atoms with Crippen LogP contribution in [0.1, 0.15) is 16.5 Å². The lowest BCUT2D eigenvalue weighted by Crippen LogP contribution is -2.26. The zero-order chi connectivity index (χ0) is 17.1. The zero-order valence-corrected chi connectivity index (χ0v) is 14.1. The molecular weight excluding hydrogens is 324 g/mol. The molecule has 6 nitrogen and oxygen atoms in total. The van der Waals surface area contributed by atoms with Crippen molar-refractivity contribution >= 4 is 34.2 Å². The number of nitrogens with zero attached hydrogens (tertiary/aromatic N) is 3. The first-order valence-corrected chi connectivity index (χ1v) is 8.24. The van der Waals surface area contributed by atoms with E-state index in [9.17, 15) is 9.59 Å². The van der Waals surface area contributed by atoms with Crippen molar-refractivity contribution in [2.75, 3.05) is 7.05 Å². The standard InChI is InChI=1S/C17H16N4O2S/c1-11-18-12(10-24-11)7-8-16(22)21(2)9-15-19-14-6-4-3-5-13(14)17(23)20-15/h3-8,10H,9H2,1-2H3,(H,19,20,23)/b8-7+. The Hall–Kier alpha value is -2.80. The van der Waals surface area contributed by atoms with Crippen LogP contribution in [0.15, 0.2) is 40.5 Å². The van der Waals surface area contributed by atoms with Crippen molar-refractivity contribution < 1.29 is 4.79 Å². The number of likely N-dealkylation sites (N-methyl/N-ethyl adjacent to an activating group) is 1. The molecule has 0 saturated heterocycles. The maximum absolute atomic E-state index is 12.2. The Morgan fingerprint density at radius 2 is 2.12 bits per heavy atom. The van der Waals surface area contributed by atoms with Crippen molar-refractivity contribution in [2.45, 2.75) is 13.5 Å². The van der Waals surface area contributed by atoms with E-state index < -0.39 is 0 Å². The summed E-state index contributed by atoms with van der Waals surface area (Å²) in [5.74, 6) is 0.268. The van der Waals surface area contributed by atoms with E-state index in [1.807, 2.05) is 18.4 Å². The second-order valence-electron chi connectivity index (χ2n) is 5.35. The Morgan fingerprint density at radius 1 is 1.33 bits per heavy atom. The smallest absolute Gasteiger partial charge is 0.258 e. The van der Waals surface area contributed by atoms with Crippen LogP contribution in [0.4, 0.5) is 0 Å². The summed E-state index contributed by atoms with van der Waals surface area (Å²) in [4.78, 5) is 37.1. The fourth-order valence-corrected chi connectivity index (χ4v) is 2.83. The Balaban J connectivity index is 1.74. The topological polar surface area (TPSA) is 79.0 Å². The van der Waals surface area contributed by atoms with Gasteiger partial charge in [-0.15, -0.1) is 11.3 Å². The molecule has 7 heteroatoms. The van der Waals surface area contributed by atoms with Gasteiger partial charge < -0.3 is 9.88 Å². The minimum atomic E-state index is -0.204. The van der Waals surface area contributed by atoms with Crippen molar-refractivity contribution in [3.8, 4) is 0 Å². The summed E-state index contributed by atoms with van der Waals surface area (Å²) in [6, 6.07) is 7.12. The van der Waals surface area contributed by atoms with Gasteiger partial charge in [-0.25, -0.2) is 9.97 Å². The number of benzene rings is 1. The number of carbonyl (C=O) groups excluding carboxylic acids is 1. The van der Waals surface area contributed by atoms with Crippen LogP contribution in [-0.4, -0.2) is 32.8 Å². The van der Waals surface area contributed by atoms with Crippen LogP contribution in [0.3, 0.4) is 0 Å². The number of hydrogen-bond acceptors (Lipinski definition) is 5. The molecule has 1 N–H and O–H groups in total. The Labute approximate surface area is 142 Å². The van der Waals surface area contributed by atoms with E-state index in [1.54, 1.807) is 31.3 Å². The molecule has 3 aromatic rings. The van der Waals surface area contributed by atoms with Gasteiger partial charge in [0.05, 0.1) is 28.1 Å². The summed E-state index contributed by atoms with van der Waals surface area (Å²) in [5.41, 5.74) is 1.17. The van der Waals surface area contributed by atoms with Gasteiger partial charge in [-0.1, -0.05) is 12.1 Å². The summed E-state index contributed by atoms with van der Waals surface area (Å²) >= 11 is 1.53. The first kappa shape index (κ1) is 16.1. The highest BCUT2D eigenvalue weighted by atomic mass is 32.1. The molecule has 0 spiro atoms. The number of aryl methyl sites for hydroxylation is 1. The average Bonchev–Trinajstić information content (AvgIpc) is 2.98. The van der Waals surface area contributed by atoms with Crippen molar-refractivity contribution in [3.05, 3.63) is 62.6 Å². The molecule has 0 saturated carbocycles. The molecule has 0 unspecified atom stereocenters. The number of thiazole rings is 1. The number of H-pyrrole nitrogens is 1. The highest BCUT2D eigenvalue weighted by molar-refractivity contribution is 7.09. The maximum atomic E-state index is 12.2. The quantitative estimate of drug-likeness (QED) is 0.740. The first-order chi connectivity index (χ1) is 11.5. The fourth-order valence-electron chi connectivity index (χ4n) is 2.25. The van der Waals surface area contributed by atoms with Crippen LogP contribution in [0.2, 0.25) is 0 Å². The van der Waals surface area contributed by atoms with E-state index in [4.69, 9.17) is 0 Å². The zero-order valence-electron chi connectivity index (χ0n) is 13.3. The lowest BCUT2D eigenvalue weighted by atomic mass is 10.2. The predicted octanol–water partition coefficient (Wildman–Crippen LogP) is 2.36. The first-order valence-electron chi connectivity index (χ1n) is 7.36. The van der Waals surface area contributed by atoms with E-state index in [0.29, 0.717) is 16.7 Å². The highest BCUT2D eigenvalue weighted by Crippen LogP contribution is 2.10. The molecule has 1 amide bonds. The van der Waals surface area contributed by atoms with Crippen molar-refractivity contribution in [3.63, 3.8) is 0 Å². The fraction of sp³-hybridized carbons (Fsp3) is 0.176. The number of aromatic amines is 1. The Morgan fingerprint density at radius 3 is 2.88 bits per heavy atom. The van der Waals surface area contributed by atoms with Crippen LogP contribution in [0.5, 0.6) is 0 Å². The van der Waals surface area contributed by atoms with E-state index in [0.717, 1.165) is 10.7 Å². The van der Waals surface area contributed by atoms with Crippen molar-refractivity contribution in [2.24, 2.45) is 0 Å². The largest absolute Gasteiger partial charge is 0.335 e. The number of aromatic nitrogens is 3. The number of carbonyl (C=O) groups is 1. The number of amides is 1. The lowest BCUT2D eigenvalue weighted by molar-refractivity contribution is -0.125. The van der Waals surface area contributed by atoms with Gasteiger partial charge in [0.15, 0.2) is 0 Å². The molecule has 1 aromatic carbocycles. The highest BCUT2D eigenvalue weighted by Gasteiger charge is 2.09. The molecule has 0 aliphatic heterocycles. The van der Waals surface area contributed by atoms with Gasteiger partial charge in [0.25, 0.3) is 5.56 Å². The van der Waals surface area contributed by atoms with Gasteiger partial charge in [-0.3, -0.25) is 9.59 Å². The third kappa shape index (κ3) is 3.57. The van der Waals surface area contributed by atoms with E-state index in [-0.39, 0.29) is 18.0 Å². The minimum Gasteiger partial charge on any atom is -0.335 e.